The van der Waals surface area contributed by atoms with Gasteiger partial charge >= 0.3 is 0 Å². The van der Waals surface area contributed by atoms with E-state index in [9.17, 15) is 12.8 Å². The topological polar surface area (TPSA) is 84.4 Å². The highest BCUT2D eigenvalue weighted by Crippen LogP contribution is 2.20. The van der Waals surface area contributed by atoms with E-state index in [2.05, 4.69) is 15.3 Å². The summed E-state index contributed by atoms with van der Waals surface area (Å²) in [6, 6.07) is 4.21. The Bertz CT molecular complexity index is 794. The minimum absolute atomic E-state index is 0.0617. The predicted octanol–water partition coefficient (Wildman–Crippen LogP) is 0.843. The van der Waals surface area contributed by atoms with E-state index in [-0.39, 0.29) is 12.3 Å². The van der Waals surface area contributed by atoms with Gasteiger partial charge in [-0.25, -0.2) is 22.8 Å². The Hall–Kier alpha value is -1.84. The van der Waals surface area contributed by atoms with Crippen LogP contribution in [0.5, 0.6) is 0 Å². The van der Waals surface area contributed by atoms with Crippen molar-refractivity contribution in [3.05, 3.63) is 30.3 Å². The van der Waals surface area contributed by atoms with E-state index in [1.807, 2.05) is 0 Å². The van der Waals surface area contributed by atoms with Gasteiger partial charge in [0, 0.05) is 25.0 Å². The summed E-state index contributed by atoms with van der Waals surface area (Å²) in [5.74, 6) is -0.0312. The van der Waals surface area contributed by atoms with Gasteiger partial charge in [0.15, 0.2) is 0 Å². The van der Waals surface area contributed by atoms with Crippen LogP contribution >= 0.6 is 0 Å². The molecule has 7 nitrogen and oxygen atoms in total. The third-order valence-electron chi connectivity index (χ3n) is 3.61. The summed E-state index contributed by atoms with van der Waals surface area (Å²) < 4.78 is 44.4. The summed E-state index contributed by atoms with van der Waals surface area (Å²) in [7, 11) is -3.34. The van der Waals surface area contributed by atoms with E-state index in [0.717, 1.165) is 0 Å². The molecule has 1 aromatic carbocycles. The number of aromatic nitrogens is 2. The first-order chi connectivity index (χ1) is 11.1. The maximum atomic E-state index is 13.4. The van der Waals surface area contributed by atoms with Crippen LogP contribution in [-0.2, 0) is 14.8 Å². The van der Waals surface area contributed by atoms with Gasteiger partial charge in [-0.2, -0.15) is 4.31 Å². The van der Waals surface area contributed by atoms with Crippen molar-refractivity contribution in [1.82, 2.24) is 14.3 Å². The maximum Gasteiger partial charge on any atom is 0.215 e. The van der Waals surface area contributed by atoms with Crippen molar-refractivity contribution in [3.63, 3.8) is 0 Å². The number of halogens is 1. The monoisotopic (exact) mass is 340 g/mol. The minimum atomic E-state index is -3.34. The summed E-state index contributed by atoms with van der Waals surface area (Å²) in [5.41, 5.74) is 0.597. The van der Waals surface area contributed by atoms with E-state index in [0.29, 0.717) is 43.0 Å². The van der Waals surface area contributed by atoms with Crippen LogP contribution in [0.1, 0.15) is 0 Å². The smallest absolute Gasteiger partial charge is 0.215 e. The number of morpholine rings is 1. The number of anilines is 1. The molecule has 1 N–H and O–H groups in total. The molecule has 0 aliphatic carbocycles. The molecule has 0 amide bonds. The Kier molecular flexibility index (Phi) is 4.69. The Morgan fingerprint density at radius 3 is 2.83 bits per heavy atom. The molecule has 0 radical (unpaired) electrons. The van der Waals surface area contributed by atoms with Crippen molar-refractivity contribution in [3.8, 4) is 0 Å². The zero-order valence-corrected chi connectivity index (χ0v) is 13.2. The van der Waals surface area contributed by atoms with Gasteiger partial charge in [0.25, 0.3) is 0 Å². The summed E-state index contributed by atoms with van der Waals surface area (Å²) in [6.07, 6.45) is 1.36. The van der Waals surface area contributed by atoms with Gasteiger partial charge < -0.3 is 10.1 Å². The highest BCUT2D eigenvalue weighted by molar-refractivity contribution is 7.89. The number of nitrogens with one attached hydrogen (secondary N) is 1. The molecule has 1 aliphatic heterocycles. The van der Waals surface area contributed by atoms with E-state index >= 15 is 0 Å². The fourth-order valence-electron chi connectivity index (χ4n) is 2.42. The molecule has 9 heteroatoms. The molecule has 0 unspecified atom stereocenters. The number of rotatable bonds is 5. The molecule has 2 heterocycles. The molecule has 124 valence electrons. The maximum absolute atomic E-state index is 13.4. The van der Waals surface area contributed by atoms with E-state index in [1.54, 1.807) is 6.07 Å². The van der Waals surface area contributed by atoms with Crippen LogP contribution in [0.25, 0.3) is 10.9 Å². The standard InChI is InChI=1S/C14H17FN4O3S/c15-11-1-2-13-12(9-11)14(18-10-17-13)16-3-8-23(20,21)19-4-6-22-7-5-19/h1-2,9-10H,3-8H2,(H,16,17,18). The quantitative estimate of drug-likeness (QED) is 0.868. The van der Waals surface area contributed by atoms with Gasteiger partial charge in [0.05, 0.1) is 24.5 Å². The molecule has 0 spiro atoms. The number of hydrogen-bond acceptors (Lipinski definition) is 6. The number of nitrogens with zero attached hydrogens (tertiary/aromatic N) is 3. The molecule has 3 rings (SSSR count). The second-order valence-corrected chi connectivity index (χ2v) is 7.23. The molecule has 23 heavy (non-hydrogen) atoms. The summed E-state index contributed by atoms with van der Waals surface area (Å²) >= 11 is 0. The Morgan fingerprint density at radius 1 is 1.26 bits per heavy atom. The average Bonchev–Trinajstić information content (AvgIpc) is 2.56. The van der Waals surface area contributed by atoms with Gasteiger partial charge in [-0.15, -0.1) is 0 Å². The minimum Gasteiger partial charge on any atom is -0.379 e. The van der Waals surface area contributed by atoms with Crippen LogP contribution in [0.3, 0.4) is 0 Å². The van der Waals surface area contributed by atoms with Crippen LogP contribution in [0.15, 0.2) is 24.5 Å². The molecule has 1 fully saturated rings. The Morgan fingerprint density at radius 2 is 2.04 bits per heavy atom. The third kappa shape index (κ3) is 3.74. The Balaban J connectivity index is 1.68. The average molecular weight is 340 g/mol. The Labute approximate surface area is 133 Å². The lowest BCUT2D eigenvalue weighted by atomic mass is 10.2. The number of hydrogen-bond donors (Lipinski definition) is 1. The SMILES string of the molecule is O=S(=O)(CCNc1ncnc2ccc(F)cc12)N1CCOCC1. The first-order valence-corrected chi connectivity index (χ1v) is 8.87. The van der Waals surface area contributed by atoms with Gasteiger partial charge in [0.2, 0.25) is 10.0 Å². The molecule has 1 aliphatic rings. The lowest BCUT2D eigenvalue weighted by Crippen LogP contribution is -2.42. The van der Waals surface area contributed by atoms with Crippen molar-refractivity contribution in [2.45, 2.75) is 0 Å². The van der Waals surface area contributed by atoms with Crippen molar-refractivity contribution in [2.75, 3.05) is 43.9 Å². The fourth-order valence-corrected chi connectivity index (χ4v) is 3.75. The van der Waals surface area contributed by atoms with Crippen LogP contribution in [0.4, 0.5) is 10.2 Å². The highest BCUT2D eigenvalue weighted by atomic mass is 32.2. The number of fused-ring (bicyclic) bond motifs is 1. The van der Waals surface area contributed by atoms with Crippen LogP contribution in [0, 0.1) is 5.82 Å². The van der Waals surface area contributed by atoms with Crippen molar-refractivity contribution in [1.29, 1.82) is 0 Å². The molecular formula is C14H17FN4O3S. The van der Waals surface area contributed by atoms with Crippen molar-refractivity contribution in [2.24, 2.45) is 0 Å². The van der Waals surface area contributed by atoms with Crippen molar-refractivity contribution >= 4 is 26.7 Å². The van der Waals surface area contributed by atoms with E-state index in [1.165, 1.54) is 22.8 Å². The summed E-state index contributed by atoms with van der Waals surface area (Å²) in [5, 5.41) is 3.48. The molecule has 2 aromatic rings. The van der Waals surface area contributed by atoms with E-state index < -0.39 is 15.8 Å². The van der Waals surface area contributed by atoms with Crippen molar-refractivity contribution < 1.29 is 17.5 Å². The first kappa shape index (κ1) is 16.0. The zero-order valence-electron chi connectivity index (χ0n) is 12.4. The van der Waals surface area contributed by atoms with Crippen LogP contribution < -0.4 is 5.32 Å². The second kappa shape index (κ2) is 6.73. The fraction of sp³-hybridized carbons (Fsp3) is 0.429. The number of ether oxygens (including phenoxy) is 1. The number of benzene rings is 1. The largest absolute Gasteiger partial charge is 0.379 e. The lowest BCUT2D eigenvalue weighted by molar-refractivity contribution is 0.0731. The van der Waals surface area contributed by atoms with Crippen LogP contribution in [-0.4, -0.2) is 61.3 Å². The highest BCUT2D eigenvalue weighted by Gasteiger charge is 2.23. The molecular weight excluding hydrogens is 323 g/mol. The number of sulfonamides is 1. The molecule has 0 atom stereocenters. The van der Waals surface area contributed by atoms with Crippen LogP contribution in [0.2, 0.25) is 0 Å². The first-order valence-electron chi connectivity index (χ1n) is 7.26. The van der Waals surface area contributed by atoms with Gasteiger partial charge in [0.1, 0.15) is 18.0 Å². The van der Waals surface area contributed by atoms with Gasteiger partial charge in [-0.05, 0) is 18.2 Å². The molecule has 1 aromatic heterocycles. The molecule has 1 saturated heterocycles. The van der Waals surface area contributed by atoms with E-state index in [4.69, 9.17) is 4.74 Å². The third-order valence-corrected chi connectivity index (χ3v) is 5.49. The summed E-state index contributed by atoms with van der Waals surface area (Å²) in [4.78, 5) is 8.12. The van der Waals surface area contributed by atoms with Gasteiger partial charge in [-0.3, -0.25) is 0 Å². The second-order valence-electron chi connectivity index (χ2n) is 5.14. The lowest BCUT2D eigenvalue weighted by Gasteiger charge is -2.26. The predicted molar refractivity (Wildman–Crippen MR) is 84.2 cm³/mol. The molecule has 0 saturated carbocycles. The zero-order chi connectivity index (χ0) is 16.3. The molecule has 0 bridgehead atoms. The normalized spacial score (nSPS) is 16.6. The summed E-state index contributed by atoms with van der Waals surface area (Å²) in [6.45, 7) is 1.78. The van der Waals surface area contributed by atoms with Gasteiger partial charge in [-0.1, -0.05) is 0 Å².